The highest BCUT2D eigenvalue weighted by Crippen LogP contribution is 2.18. The van der Waals surface area contributed by atoms with E-state index >= 15 is 0 Å². The lowest BCUT2D eigenvalue weighted by atomic mass is 10.2. The van der Waals surface area contributed by atoms with Gasteiger partial charge < -0.3 is 5.73 Å². The van der Waals surface area contributed by atoms with Gasteiger partial charge in [-0.25, -0.2) is 8.42 Å². The van der Waals surface area contributed by atoms with Crippen molar-refractivity contribution < 1.29 is 8.42 Å². The van der Waals surface area contributed by atoms with E-state index in [-0.39, 0.29) is 11.4 Å². The van der Waals surface area contributed by atoms with Gasteiger partial charge in [0.2, 0.25) is 0 Å². The van der Waals surface area contributed by atoms with Crippen LogP contribution in [0.5, 0.6) is 0 Å². The maximum Gasteiger partial charge on any atom is 0.262 e. The van der Waals surface area contributed by atoms with Gasteiger partial charge in [0.25, 0.3) is 10.0 Å². The monoisotopic (exact) mass is 263 g/mol. The summed E-state index contributed by atoms with van der Waals surface area (Å²) in [4.78, 5) is 4.03. The lowest BCUT2D eigenvalue weighted by Crippen LogP contribution is -2.16. The Labute approximate surface area is 106 Å². The van der Waals surface area contributed by atoms with Crippen molar-refractivity contribution in [3.8, 4) is 0 Å². The van der Waals surface area contributed by atoms with E-state index in [4.69, 9.17) is 5.73 Å². The van der Waals surface area contributed by atoms with Crippen LogP contribution < -0.4 is 10.5 Å². The predicted octanol–water partition coefficient (Wildman–Crippen LogP) is 1.34. The number of pyridine rings is 1. The summed E-state index contributed by atoms with van der Waals surface area (Å²) in [6.07, 6.45) is 3.04. The molecule has 94 valence electrons. The first kappa shape index (κ1) is 12.5. The molecule has 0 spiro atoms. The molecule has 2 aromatic rings. The summed E-state index contributed by atoms with van der Waals surface area (Å²) in [7, 11) is -3.61. The van der Waals surface area contributed by atoms with Crippen molar-refractivity contribution in [2.75, 3.05) is 4.72 Å². The summed E-state index contributed by atoms with van der Waals surface area (Å²) in [5.41, 5.74) is 6.59. The molecule has 0 aliphatic heterocycles. The Morgan fingerprint density at radius 3 is 2.44 bits per heavy atom. The Morgan fingerprint density at radius 1 is 1.11 bits per heavy atom. The minimum atomic E-state index is -3.61. The number of aromatic nitrogens is 1. The lowest BCUT2D eigenvalue weighted by Gasteiger charge is -2.10. The summed E-state index contributed by atoms with van der Waals surface area (Å²) in [6, 6.07) is 9.83. The van der Waals surface area contributed by atoms with Crippen LogP contribution in [0.4, 0.5) is 5.69 Å². The molecule has 0 saturated carbocycles. The zero-order valence-corrected chi connectivity index (χ0v) is 10.4. The van der Waals surface area contributed by atoms with Crippen molar-refractivity contribution in [3.05, 3.63) is 54.4 Å². The van der Waals surface area contributed by atoms with Gasteiger partial charge in [0, 0.05) is 18.9 Å². The molecule has 0 aliphatic rings. The number of nitrogens with zero attached hydrogens (tertiary/aromatic N) is 1. The Bertz CT molecular complexity index is 627. The quantitative estimate of drug-likeness (QED) is 0.871. The molecule has 6 heteroatoms. The largest absolute Gasteiger partial charge is 0.326 e. The van der Waals surface area contributed by atoms with Gasteiger partial charge in [-0.3, -0.25) is 9.71 Å². The van der Waals surface area contributed by atoms with E-state index in [0.717, 1.165) is 0 Å². The third-order valence-electron chi connectivity index (χ3n) is 2.41. The molecular formula is C12H13N3O2S. The van der Waals surface area contributed by atoms with E-state index in [2.05, 4.69) is 9.71 Å². The Hall–Kier alpha value is -1.92. The molecule has 0 unspecified atom stereocenters. The van der Waals surface area contributed by atoms with Crippen LogP contribution in [-0.4, -0.2) is 13.4 Å². The van der Waals surface area contributed by atoms with Gasteiger partial charge in [0.1, 0.15) is 0 Å². The van der Waals surface area contributed by atoms with E-state index in [1.807, 2.05) is 0 Å². The first-order valence-electron chi connectivity index (χ1n) is 5.34. The Kier molecular flexibility index (Phi) is 3.59. The smallest absolute Gasteiger partial charge is 0.262 e. The molecule has 0 radical (unpaired) electrons. The fourth-order valence-electron chi connectivity index (χ4n) is 1.56. The van der Waals surface area contributed by atoms with E-state index in [1.165, 1.54) is 18.5 Å². The Morgan fingerprint density at radius 2 is 1.78 bits per heavy atom. The highest BCUT2D eigenvalue weighted by molar-refractivity contribution is 7.92. The zero-order valence-electron chi connectivity index (χ0n) is 9.58. The second-order valence-electron chi connectivity index (χ2n) is 3.65. The number of nitrogens with two attached hydrogens (primary N) is 1. The summed E-state index contributed by atoms with van der Waals surface area (Å²) in [6.45, 7) is 0.174. The topological polar surface area (TPSA) is 85.1 Å². The van der Waals surface area contributed by atoms with Crippen LogP contribution in [0.1, 0.15) is 5.56 Å². The van der Waals surface area contributed by atoms with Crippen molar-refractivity contribution in [1.82, 2.24) is 4.98 Å². The van der Waals surface area contributed by atoms with Gasteiger partial charge in [-0.05, 0) is 23.8 Å². The molecule has 18 heavy (non-hydrogen) atoms. The summed E-state index contributed by atoms with van der Waals surface area (Å²) in [5, 5.41) is 0. The summed E-state index contributed by atoms with van der Waals surface area (Å²) >= 11 is 0. The number of anilines is 1. The lowest BCUT2D eigenvalue weighted by molar-refractivity contribution is 0.600. The molecule has 1 aromatic carbocycles. The van der Waals surface area contributed by atoms with Gasteiger partial charge in [0.15, 0.2) is 0 Å². The maximum absolute atomic E-state index is 12.2. The molecule has 5 nitrogen and oxygen atoms in total. The molecule has 0 fully saturated rings. The number of hydrogen-bond acceptors (Lipinski definition) is 4. The fraction of sp³-hybridized carbons (Fsp3) is 0.0833. The first-order valence-corrected chi connectivity index (χ1v) is 6.82. The molecule has 2 rings (SSSR count). The normalized spacial score (nSPS) is 11.2. The molecule has 0 saturated heterocycles. The van der Waals surface area contributed by atoms with Gasteiger partial charge in [-0.15, -0.1) is 0 Å². The van der Waals surface area contributed by atoms with Crippen molar-refractivity contribution in [3.63, 3.8) is 0 Å². The third kappa shape index (κ3) is 2.66. The third-order valence-corrected chi connectivity index (χ3v) is 3.90. The molecule has 1 heterocycles. The molecule has 1 aromatic heterocycles. The van der Waals surface area contributed by atoms with Crippen LogP contribution in [0.3, 0.4) is 0 Å². The minimum Gasteiger partial charge on any atom is -0.326 e. The number of nitrogens with one attached hydrogen (secondary N) is 1. The van der Waals surface area contributed by atoms with E-state index in [1.54, 1.807) is 30.3 Å². The molecule has 0 aliphatic carbocycles. The number of hydrogen-bond donors (Lipinski definition) is 2. The predicted molar refractivity (Wildman–Crippen MR) is 69.4 cm³/mol. The van der Waals surface area contributed by atoms with Crippen LogP contribution in [-0.2, 0) is 16.6 Å². The number of benzene rings is 1. The zero-order chi connectivity index (χ0) is 13.0. The molecule has 0 bridgehead atoms. The summed E-state index contributed by atoms with van der Waals surface area (Å²) in [5.74, 6) is 0. The van der Waals surface area contributed by atoms with Crippen molar-refractivity contribution >= 4 is 15.7 Å². The molecular weight excluding hydrogens is 250 g/mol. The average molecular weight is 263 g/mol. The van der Waals surface area contributed by atoms with Gasteiger partial charge >= 0.3 is 0 Å². The molecule has 0 amide bonds. The van der Waals surface area contributed by atoms with Gasteiger partial charge in [-0.2, -0.15) is 0 Å². The van der Waals surface area contributed by atoms with Crippen molar-refractivity contribution in [2.45, 2.75) is 11.4 Å². The van der Waals surface area contributed by atoms with E-state index in [9.17, 15) is 8.42 Å². The Balaban J connectivity index is 2.37. The van der Waals surface area contributed by atoms with E-state index in [0.29, 0.717) is 11.3 Å². The minimum absolute atomic E-state index is 0.174. The average Bonchev–Trinajstić information content (AvgIpc) is 2.39. The number of rotatable bonds is 4. The van der Waals surface area contributed by atoms with Crippen molar-refractivity contribution in [1.29, 1.82) is 0 Å². The molecule has 0 atom stereocenters. The fourth-order valence-corrected chi connectivity index (χ4v) is 2.88. The van der Waals surface area contributed by atoms with Crippen LogP contribution in [0.25, 0.3) is 0 Å². The summed E-state index contributed by atoms with van der Waals surface area (Å²) < 4.78 is 26.9. The number of sulfonamides is 1. The standard InChI is InChI=1S/C12H13N3O2S/c13-9-10-3-1-2-4-12(10)18(16,17)15-11-5-7-14-8-6-11/h1-8H,9,13H2,(H,14,15). The van der Waals surface area contributed by atoms with Gasteiger partial charge in [-0.1, -0.05) is 18.2 Å². The second kappa shape index (κ2) is 5.16. The first-order chi connectivity index (χ1) is 8.63. The van der Waals surface area contributed by atoms with E-state index < -0.39 is 10.0 Å². The highest BCUT2D eigenvalue weighted by Gasteiger charge is 2.17. The molecule has 3 N–H and O–H groups in total. The second-order valence-corrected chi connectivity index (χ2v) is 5.30. The van der Waals surface area contributed by atoms with Crippen LogP contribution in [0, 0.1) is 0 Å². The maximum atomic E-state index is 12.2. The highest BCUT2D eigenvalue weighted by atomic mass is 32.2. The van der Waals surface area contributed by atoms with Crippen LogP contribution in [0.15, 0.2) is 53.7 Å². The van der Waals surface area contributed by atoms with Crippen molar-refractivity contribution in [2.24, 2.45) is 5.73 Å². The van der Waals surface area contributed by atoms with Crippen LogP contribution in [0.2, 0.25) is 0 Å². The van der Waals surface area contributed by atoms with Crippen LogP contribution >= 0.6 is 0 Å². The van der Waals surface area contributed by atoms with Gasteiger partial charge in [0.05, 0.1) is 10.6 Å². The SMILES string of the molecule is NCc1ccccc1S(=O)(=O)Nc1ccncc1.